The highest BCUT2D eigenvalue weighted by molar-refractivity contribution is 6.08. The van der Waals surface area contributed by atoms with E-state index >= 15 is 0 Å². The number of Topliss-reactive ketones (excluding diaryl/α,β-unsaturated/α-hetero) is 1. The van der Waals surface area contributed by atoms with E-state index in [2.05, 4.69) is 10.3 Å². The minimum Gasteiger partial charge on any atom is -0.493 e. The molecule has 24 heavy (non-hydrogen) atoms. The van der Waals surface area contributed by atoms with Gasteiger partial charge in [0.25, 0.3) is 0 Å². The van der Waals surface area contributed by atoms with Crippen molar-refractivity contribution >= 4 is 17.6 Å². The van der Waals surface area contributed by atoms with Gasteiger partial charge < -0.3 is 15.2 Å². The second-order valence-electron chi connectivity index (χ2n) is 5.49. The Labute approximate surface area is 136 Å². The van der Waals surface area contributed by atoms with Crippen molar-refractivity contribution in [2.75, 3.05) is 11.9 Å². The second kappa shape index (κ2) is 7.06. The van der Waals surface area contributed by atoms with E-state index in [-0.39, 0.29) is 24.0 Å². The summed E-state index contributed by atoms with van der Waals surface area (Å²) in [7, 11) is 0. The molecule has 1 aromatic heterocycles. The summed E-state index contributed by atoms with van der Waals surface area (Å²) in [6.07, 6.45) is -3.42. The molecule has 1 saturated carbocycles. The molecule has 1 aromatic rings. The largest absolute Gasteiger partial charge is 0.493 e. The summed E-state index contributed by atoms with van der Waals surface area (Å²) >= 11 is 0. The minimum atomic E-state index is -4.87. The molecule has 0 aromatic carbocycles. The molecule has 0 atom stereocenters. The van der Waals surface area contributed by atoms with E-state index in [9.17, 15) is 27.9 Å². The van der Waals surface area contributed by atoms with Crippen LogP contribution in [0.5, 0.6) is 5.88 Å². The van der Waals surface area contributed by atoms with E-state index in [4.69, 9.17) is 4.74 Å². The molecule has 1 aliphatic carbocycles. The number of carbonyl (C=O) groups excluding carboxylic acids is 2. The summed E-state index contributed by atoms with van der Waals surface area (Å²) in [5.74, 6) is -3.04. The smallest absolute Gasteiger partial charge is 0.421 e. The first kappa shape index (κ1) is 18.0. The van der Waals surface area contributed by atoms with Gasteiger partial charge in [-0.05, 0) is 25.3 Å². The van der Waals surface area contributed by atoms with Gasteiger partial charge in [0.05, 0.1) is 12.2 Å². The SMILES string of the molecule is CCCOC(=O)CC(=O)c1cc(C(F)(F)F)c(O)nc1NC1CC1. The molecule has 0 bridgehead atoms. The average Bonchev–Trinajstić information content (AvgIpc) is 3.27. The lowest BCUT2D eigenvalue weighted by atomic mass is 10.1. The summed E-state index contributed by atoms with van der Waals surface area (Å²) in [5, 5.41) is 12.3. The maximum absolute atomic E-state index is 12.9. The van der Waals surface area contributed by atoms with E-state index in [1.807, 2.05) is 0 Å². The molecule has 0 aliphatic heterocycles. The van der Waals surface area contributed by atoms with Gasteiger partial charge in [0.2, 0.25) is 5.88 Å². The molecule has 0 saturated heterocycles. The first-order chi connectivity index (χ1) is 11.2. The number of nitrogens with one attached hydrogen (secondary N) is 1. The van der Waals surface area contributed by atoms with E-state index in [0.717, 1.165) is 12.8 Å². The molecule has 0 radical (unpaired) electrons. The molecule has 1 heterocycles. The highest BCUT2D eigenvalue weighted by Crippen LogP contribution is 2.38. The number of aromatic nitrogens is 1. The molecule has 132 valence electrons. The van der Waals surface area contributed by atoms with Gasteiger partial charge in [-0.25, -0.2) is 0 Å². The lowest BCUT2D eigenvalue weighted by molar-refractivity contribution is -0.142. The maximum atomic E-state index is 12.9. The Bertz CT molecular complexity index is 642. The normalized spacial score (nSPS) is 14.3. The van der Waals surface area contributed by atoms with Gasteiger partial charge in [0, 0.05) is 6.04 Å². The molecule has 6 nitrogen and oxygen atoms in total. The average molecular weight is 346 g/mol. The number of carbonyl (C=O) groups is 2. The van der Waals surface area contributed by atoms with Crippen LogP contribution in [-0.2, 0) is 15.7 Å². The number of esters is 1. The second-order valence-corrected chi connectivity index (χ2v) is 5.49. The molecule has 1 aliphatic rings. The Morgan fingerprint density at radius 1 is 1.42 bits per heavy atom. The highest BCUT2D eigenvalue weighted by Gasteiger charge is 2.37. The number of hydrogen-bond donors (Lipinski definition) is 2. The summed E-state index contributed by atoms with van der Waals surface area (Å²) in [5.41, 5.74) is -1.81. The van der Waals surface area contributed by atoms with Crippen molar-refractivity contribution in [3.8, 4) is 5.88 Å². The van der Waals surface area contributed by atoms with E-state index in [0.29, 0.717) is 12.5 Å². The third kappa shape index (κ3) is 4.59. The first-order valence-corrected chi connectivity index (χ1v) is 7.49. The number of pyridine rings is 1. The quantitative estimate of drug-likeness (QED) is 0.448. The third-order valence-electron chi connectivity index (χ3n) is 3.30. The van der Waals surface area contributed by atoms with Gasteiger partial charge in [-0.2, -0.15) is 18.2 Å². The number of aromatic hydroxyl groups is 1. The molecule has 9 heteroatoms. The monoisotopic (exact) mass is 346 g/mol. The van der Waals surface area contributed by atoms with Crippen molar-refractivity contribution in [3.05, 3.63) is 17.2 Å². The number of hydrogen-bond acceptors (Lipinski definition) is 6. The summed E-state index contributed by atoms with van der Waals surface area (Å²) < 4.78 is 43.5. The van der Waals surface area contributed by atoms with Crippen LogP contribution < -0.4 is 5.32 Å². The van der Waals surface area contributed by atoms with Gasteiger partial charge in [0.1, 0.15) is 17.8 Å². The lowest BCUT2D eigenvalue weighted by Gasteiger charge is -2.14. The minimum absolute atomic E-state index is 0.00719. The molecule has 2 rings (SSSR count). The Kier molecular flexibility index (Phi) is 5.30. The highest BCUT2D eigenvalue weighted by atomic mass is 19.4. The zero-order chi connectivity index (χ0) is 17.9. The fourth-order valence-electron chi connectivity index (χ4n) is 1.95. The maximum Gasteiger partial charge on any atom is 0.421 e. The zero-order valence-electron chi connectivity index (χ0n) is 12.9. The van der Waals surface area contributed by atoms with Crippen LogP contribution in [0.3, 0.4) is 0 Å². The van der Waals surface area contributed by atoms with Gasteiger partial charge in [-0.15, -0.1) is 0 Å². The first-order valence-electron chi connectivity index (χ1n) is 7.49. The van der Waals surface area contributed by atoms with Gasteiger partial charge >= 0.3 is 12.1 Å². The molecule has 1 fully saturated rings. The molecule has 0 spiro atoms. The van der Waals surface area contributed by atoms with Crippen LogP contribution in [-0.4, -0.2) is 34.5 Å². The summed E-state index contributed by atoms with van der Waals surface area (Å²) in [6.45, 7) is 1.90. The summed E-state index contributed by atoms with van der Waals surface area (Å²) in [4.78, 5) is 27.2. The van der Waals surface area contributed by atoms with Gasteiger partial charge in [-0.1, -0.05) is 6.92 Å². The third-order valence-corrected chi connectivity index (χ3v) is 3.30. The zero-order valence-corrected chi connectivity index (χ0v) is 12.9. The molecule has 0 unspecified atom stereocenters. The van der Waals surface area contributed by atoms with Gasteiger partial charge in [-0.3, -0.25) is 9.59 Å². The van der Waals surface area contributed by atoms with E-state index in [1.165, 1.54) is 0 Å². The van der Waals surface area contributed by atoms with Crippen LogP contribution in [0, 0.1) is 0 Å². The molecular weight excluding hydrogens is 329 g/mol. The topological polar surface area (TPSA) is 88.5 Å². The number of nitrogens with zero attached hydrogens (tertiary/aromatic N) is 1. The van der Waals surface area contributed by atoms with E-state index in [1.54, 1.807) is 6.92 Å². The van der Waals surface area contributed by atoms with Crippen LogP contribution >= 0.6 is 0 Å². The Hall–Kier alpha value is -2.32. The van der Waals surface area contributed by atoms with Crippen molar-refractivity contribution in [3.63, 3.8) is 0 Å². The van der Waals surface area contributed by atoms with Crippen LogP contribution in [0.2, 0.25) is 0 Å². The van der Waals surface area contributed by atoms with Crippen molar-refractivity contribution in [2.24, 2.45) is 0 Å². The number of ketones is 1. The summed E-state index contributed by atoms with van der Waals surface area (Å²) in [6, 6.07) is 0.509. The van der Waals surface area contributed by atoms with Crippen LogP contribution in [0.1, 0.15) is 48.5 Å². The van der Waals surface area contributed by atoms with Crippen molar-refractivity contribution < 1.29 is 32.6 Å². The molecular formula is C15H17F3N2O4. The predicted octanol–water partition coefficient (Wildman–Crippen LogP) is 2.91. The van der Waals surface area contributed by atoms with E-state index < -0.39 is 35.8 Å². The fraction of sp³-hybridized carbons (Fsp3) is 0.533. The van der Waals surface area contributed by atoms with Crippen molar-refractivity contribution in [1.82, 2.24) is 4.98 Å². The Balaban J connectivity index is 2.29. The Morgan fingerprint density at radius 3 is 2.62 bits per heavy atom. The standard InChI is InChI=1S/C15H17F3N2O4/c1-2-5-24-12(22)7-11(21)9-6-10(15(16,17)18)14(23)20-13(9)19-8-3-4-8/h6,8H,2-5,7H2,1H3,(H2,19,20,23). The fourth-order valence-corrected chi connectivity index (χ4v) is 1.95. The predicted molar refractivity (Wildman–Crippen MR) is 77.7 cm³/mol. The van der Waals surface area contributed by atoms with Crippen molar-refractivity contribution in [1.29, 1.82) is 0 Å². The number of rotatable bonds is 7. The lowest BCUT2D eigenvalue weighted by Crippen LogP contribution is -2.17. The molecule has 2 N–H and O–H groups in total. The number of alkyl halides is 3. The number of anilines is 1. The van der Waals surface area contributed by atoms with Crippen LogP contribution in [0.4, 0.5) is 19.0 Å². The number of ether oxygens (including phenoxy) is 1. The van der Waals surface area contributed by atoms with Crippen molar-refractivity contribution in [2.45, 2.75) is 44.8 Å². The van der Waals surface area contributed by atoms with Gasteiger partial charge in [0.15, 0.2) is 5.78 Å². The van der Waals surface area contributed by atoms with Crippen LogP contribution in [0.15, 0.2) is 6.07 Å². The number of halogens is 3. The van der Waals surface area contributed by atoms with Crippen LogP contribution in [0.25, 0.3) is 0 Å². The Morgan fingerprint density at radius 2 is 2.08 bits per heavy atom. The molecule has 0 amide bonds.